The van der Waals surface area contributed by atoms with Crippen molar-refractivity contribution in [2.75, 3.05) is 27.8 Å². The summed E-state index contributed by atoms with van der Waals surface area (Å²) in [4.78, 5) is 4.20. The van der Waals surface area contributed by atoms with E-state index < -0.39 is 0 Å². The minimum atomic E-state index is 0.562. The Hall–Kier alpha value is -2.77. The quantitative estimate of drug-likeness (QED) is 0.575. The molecule has 0 unspecified atom stereocenters. The third-order valence-corrected chi connectivity index (χ3v) is 3.60. The molecule has 8 heteroatoms. The standard InChI is InChI=1S/C16H24N6O2/c1-17-16(19-10-15-21-20-11-22(15)2)18-8-7-12-5-6-13(23-3)14(9-12)24-4/h5-6,9,11H,7-8,10H2,1-4H3,(H2,17,18,19). The van der Waals surface area contributed by atoms with Crippen LogP contribution in [-0.4, -0.2) is 48.5 Å². The molecule has 0 spiro atoms. The zero-order valence-electron chi connectivity index (χ0n) is 14.5. The number of hydrogen-bond donors (Lipinski definition) is 2. The predicted octanol–water partition coefficient (Wildman–Crippen LogP) is 0.740. The van der Waals surface area contributed by atoms with Gasteiger partial charge in [0.05, 0.1) is 20.8 Å². The maximum atomic E-state index is 5.32. The van der Waals surface area contributed by atoms with Crippen LogP contribution in [0.5, 0.6) is 11.5 Å². The molecule has 130 valence electrons. The molecule has 0 aliphatic rings. The minimum Gasteiger partial charge on any atom is -0.493 e. The van der Waals surface area contributed by atoms with Gasteiger partial charge >= 0.3 is 0 Å². The lowest BCUT2D eigenvalue weighted by atomic mass is 10.1. The molecule has 2 rings (SSSR count). The van der Waals surface area contributed by atoms with E-state index in [0.717, 1.165) is 41.8 Å². The summed E-state index contributed by atoms with van der Waals surface area (Å²) in [6, 6.07) is 5.92. The SMILES string of the molecule is CN=C(NCCc1ccc(OC)c(OC)c1)NCc1nncn1C. The average Bonchev–Trinajstić information content (AvgIpc) is 3.02. The van der Waals surface area contributed by atoms with E-state index in [4.69, 9.17) is 9.47 Å². The number of benzene rings is 1. The second kappa shape index (κ2) is 8.76. The maximum Gasteiger partial charge on any atom is 0.191 e. The van der Waals surface area contributed by atoms with Crippen molar-refractivity contribution in [3.05, 3.63) is 35.9 Å². The minimum absolute atomic E-state index is 0.562. The topological polar surface area (TPSA) is 85.6 Å². The van der Waals surface area contributed by atoms with Crippen molar-refractivity contribution in [3.8, 4) is 11.5 Å². The molecule has 1 aromatic heterocycles. The summed E-state index contributed by atoms with van der Waals surface area (Å²) in [5, 5.41) is 14.4. The summed E-state index contributed by atoms with van der Waals surface area (Å²) in [7, 11) is 6.91. The van der Waals surface area contributed by atoms with Crippen molar-refractivity contribution < 1.29 is 9.47 Å². The molecule has 8 nitrogen and oxygen atoms in total. The van der Waals surface area contributed by atoms with Crippen LogP contribution in [0.4, 0.5) is 0 Å². The Balaban J connectivity index is 1.82. The van der Waals surface area contributed by atoms with Gasteiger partial charge in [-0.15, -0.1) is 10.2 Å². The Morgan fingerprint density at radius 2 is 2.00 bits per heavy atom. The fraction of sp³-hybridized carbons (Fsp3) is 0.438. The van der Waals surface area contributed by atoms with Gasteiger partial charge in [-0.05, 0) is 24.1 Å². The Morgan fingerprint density at radius 1 is 1.21 bits per heavy atom. The third-order valence-electron chi connectivity index (χ3n) is 3.60. The normalized spacial score (nSPS) is 11.2. The average molecular weight is 332 g/mol. The van der Waals surface area contributed by atoms with Gasteiger partial charge in [0.1, 0.15) is 6.33 Å². The Labute approximate surface area is 141 Å². The van der Waals surface area contributed by atoms with Crippen LogP contribution in [0.25, 0.3) is 0 Å². The molecule has 1 heterocycles. The van der Waals surface area contributed by atoms with Crippen LogP contribution in [0.3, 0.4) is 0 Å². The number of aryl methyl sites for hydroxylation is 1. The molecule has 1 aromatic carbocycles. The number of nitrogens with one attached hydrogen (secondary N) is 2. The lowest BCUT2D eigenvalue weighted by Gasteiger charge is -2.12. The molecule has 24 heavy (non-hydrogen) atoms. The third kappa shape index (κ3) is 4.61. The van der Waals surface area contributed by atoms with Crippen LogP contribution in [0.1, 0.15) is 11.4 Å². The lowest BCUT2D eigenvalue weighted by Crippen LogP contribution is -2.38. The van der Waals surface area contributed by atoms with E-state index >= 15 is 0 Å². The maximum absolute atomic E-state index is 5.32. The number of aromatic nitrogens is 3. The van der Waals surface area contributed by atoms with Crippen molar-refractivity contribution in [2.24, 2.45) is 12.0 Å². The summed E-state index contributed by atoms with van der Waals surface area (Å²) in [5.41, 5.74) is 1.16. The van der Waals surface area contributed by atoms with Crippen LogP contribution in [0, 0.1) is 0 Å². The number of hydrogen-bond acceptors (Lipinski definition) is 5. The monoisotopic (exact) mass is 332 g/mol. The fourth-order valence-electron chi connectivity index (χ4n) is 2.21. The molecule has 0 aliphatic heterocycles. The van der Waals surface area contributed by atoms with Gasteiger partial charge in [0.2, 0.25) is 0 Å². The van der Waals surface area contributed by atoms with Crippen molar-refractivity contribution in [2.45, 2.75) is 13.0 Å². The number of rotatable bonds is 7. The van der Waals surface area contributed by atoms with Crippen molar-refractivity contribution >= 4 is 5.96 Å². The second-order valence-electron chi connectivity index (χ2n) is 5.15. The smallest absolute Gasteiger partial charge is 0.191 e. The summed E-state index contributed by atoms with van der Waals surface area (Å²) >= 11 is 0. The van der Waals surface area contributed by atoms with Crippen molar-refractivity contribution in [3.63, 3.8) is 0 Å². The van der Waals surface area contributed by atoms with E-state index in [1.807, 2.05) is 29.8 Å². The van der Waals surface area contributed by atoms with Gasteiger partial charge in [0, 0.05) is 20.6 Å². The van der Waals surface area contributed by atoms with Gasteiger partial charge in [-0.2, -0.15) is 0 Å². The number of aliphatic imine (C=N–C) groups is 1. The highest BCUT2D eigenvalue weighted by atomic mass is 16.5. The van der Waals surface area contributed by atoms with Gasteiger partial charge in [0.25, 0.3) is 0 Å². The number of ether oxygens (including phenoxy) is 2. The van der Waals surface area contributed by atoms with Crippen molar-refractivity contribution in [1.82, 2.24) is 25.4 Å². The summed E-state index contributed by atoms with van der Waals surface area (Å²) in [6.07, 6.45) is 2.51. The van der Waals surface area contributed by atoms with Crippen LogP contribution in [0.15, 0.2) is 29.5 Å². The van der Waals surface area contributed by atoms with Gasteiger partial charge < -0.3 is 24.7 Å². The summed E-state index contributed by atoms with van der Waals surface area (Å²) in [6.45, 7) is 1.31. The van der Waals surface area contributed by atoms with Crippen LogP contribution < -0.4 is 20.1 Å². The van der Waals surface area contributed by atoms with E-state index in [1.165, 1.54) is 0 Å². The first kappa shape index (κ1) is 17.6. The number of guanidine groups is 1. The first-order chi connectivity index (χ1) is 11.7. The fourth-order valence-corrected chi connectivity index (χ4v) is 2.21. The van der Waals surface area contributed by atoms with Crippen LogP contribution in [-0.2, 0) is 20.0 Å². The van der Waals surface area contributed by atoms with Crippen LogP contribution in [0.2, 0.25) is 0 Å². The zero-order chi connectivity index (χ0) is 17.4. The van der Waals surface area contributed by atoms with E-state index in [9.17, 15) is 0 Å². The second-order valence-corrected chi connectivity index (χ2v) is 5.15. The molecule has 0 amide bonds. The van der Waals surface area contributed by atoms with E-state index in [0.29, 0.717) is 6.54 Å². The molecule has 2 N–H and O–H groups in total. The molecular weight excluding hydrogens is 308 g/mol. The predicted molar refractivity (Wildman–Crippen MR) is 92.5 cm³/mol. The molecular formula is C16H24N6O2. The molecule has 0 saturated carbocycles. The highest BCUT2D eigenvalue weighted by Gasteiger charge is 2.06. The van der Waals surface area contributed by atoms with Crippen LogP contribution >= 0.6 is 0 Å². The summed E-state index contributed by atoms with van der Waals surface area (Å²) < 4.78 is 12.4. The first-order valence-electron chi connectivity index (χ1n) is 7.66. The van der Waals surface area contributed by atoms with Gasteiger partial charge in [-0.3, -0.25) is 4.99 Å². The molecule has 2 aromatic rings. The van der Waals surface area contributed by atoms with E-state index in [2.05, 4.69) is 25.8 Å². The Kier molecular flexibility index (Phi) is 6.41. The van der Waals surface area contributed by atoms with Gasteiger partial charge in [-0.1, -0.05) is 6.07 Å². The Bertz CT molecular complexity index is 683. The number of methoxy groups -OCH3 is 2. The first-order valence-corrected chi connectivity index (χ1v) is 7.66. The molecule has 0 atom stereocenters. The molecule has 0 fully saturated rings. The largest absolute Gasteiger partial charge is 0.493 e. The molecule has 0 bridgehead atoms. The molecule has 0 radical (unpaired) electrons. The van der Waals surface area contributed by atoms with E-state index in [1.54, 1.807) is 27.6 Å². The van der Waals surface area contributed by atoms with Gasteiger partial charge in [-0.25, -0.2) is 0 Å². The van der Waals surface area contributed by atoms with E-state index in [-0.39, 0.29) is 0 Å². The molecule has 0 aliphatic carbocycles. The molecule has 0 saturated heterocycles. The lowest BCUT2D eigenvalue weighted by molar-refractivity contribution is 0.354. The highest BCUT2D eigenvalue weighted by molar-refractivity contribution is 5.79. The Morgan fingerprint density at radius 3 is 2.62 bits per heavy atom. The number of nitrogens with zero attached hydrogens (tertiary/aromatic N) is 4. The summed E-state index contributed by atoms with van der Waals surface area (Å²) in [5.74, 6) is 3.03. The zero-order valence-corrected chi connectivity index (χ0v) is 14.5. The highest BCUT2D eigenvalue weighted by Crippen LogP contribution is 2.27. The van der Waals surface area contributed by atoms with Gasteiger partial charge in [0.15, 0.2) is 23.3 Å². The van der Waals surface area contributed by atoms with Crippen molar-refractivity contribution in [1.29, 1.82) is 0 Å².